The second kappa shape index (κ2) is 6.57. The van der Waals surface area contributed by atoms with Crippen molar-refractivity contribution in [2.45, 2.75) is 44.3 Å². The number of carbonyl (C=O) groups excluding carboxylic acids is 1. The van der Waals surface area contributed by atoms with Crippen LogP contribution in [0, 0.1) is 0 Å². The summed E-state index contributed by atoms with van der Waals surface area (Å²) in [5.41, 5.74) is 0.767. The molecule has 2 N–H and O–H groups in total. The Bertz CT molecular complexity index is 522. The second-order valence-electron chi connectivity index (χ2n) is 6.48. The Hall–Kier alpha value is -1.75. The minimum absolute atomic E-state index is 0.0619. The van der Waals surface area contributed by atoms with Crippen molar-refractivity contribution >= 4 is 6.03 Å². The predicted octanol–water partition coefficient (Wildman–Crippen LogP) is 2.16. The Morgan fingerprint density at radius 1 is 1.27 bits per heavy atom. The predicted molar refractivity (Wildman–Crippen MR) is 85.7 cm³/mol. The molecular weight excluding hydrogens is 278 g/mol. The molecule has 2 fully saturated rings. The number of piperidine rings is 1. The van der Waals surface area contributed by atoms with Crippen LogP contribution in [0.5, 0.6) is 5.75 Å². The van der Waals surface area contributed by atoms with Gasteiger partial charge < -0.3 is 20.2 Å². The molecular formula is C17H25N3O2. The topological polar surface area (TPSA) is 55.8 Å². The van der Waals surface area contributed by atoms with Crippen LogP contribution in [-0.2, 0) is 6.54 Å². The lowest BCUT2D eigenvalue weighted by Gasteiger charge is -2.33. The fourth-order valence-corrected chi connectivity index (χ4v) is 3.11. The fourth-order valence-electron chi connectivity index (χ4n) is 3.11. The van der Waals surface area contributed by atoms with E-state index in [1.165, 1.54) is 12.8 Å². The quantitative estimate of drug-likeness (QED) is 0.896. The lowest BCUT2D eigenvalue weighted by atomic mass is 10.1. The Balaban J connectivity index is 1.46. The number of carbonyl (C=O) groups is 1. The number of hydrogen-bond acceptors (Lipinski definition) is 3. The van der Waals surface area contributed by atoms with Crippen molar-refractivity contribution < 1.29 is 9.90 Å². The lowest BCUT2D eigenvalue weighted by molar-refractivity contribution is 0.172. The summed E-state index contributed by atoms with van der Waals surface area (Å²) in [5.74, 6) is 0.236. The third kappa shape index (κ3) is 3.71. The molecule has 5 heteroatoms. The van der Waals surface area contributed by atoms with Gasteiger partial charge in [0.25, 0.3) is 0 Å². The number of amides is 2. The summed E-state index contributed by atoms with van der Waals surface area (Å²) in [6, 6.07) is 8.17. The highest BCUT2D eigenvalue weighted by Gasteiger charge is 2.32. The third-order valence-electron chi connectivity index (χ3n) is 4.67. The molecule has 0 spiro atoms. The molecule has 1 heterocycles. The standard InChI is InChI=1S/C17H25N3O2/c1-19(12-13-4-2-3-5-16(13)21)17(22)18-14-8-10-20(11-9-14)15-6-7-15/h2-5,14-15,21H,6-12H2,1H3,(H,18,22). The molecule has 0 unspecified atom stereocenters. The van der Waals surface area contributed by atoms with Gasteiger partial charge >= 0.3 is 6.03 Å². The van der Waals surface area contributed by atoms with E-state index in [9.17, 15) is 9.90 Å². The van der Waals surface area contributed by atoms with E-state index < -0.39 is 0 Å². The molecule has 0 radical (unpaired) electrons. The van der Waals surface area contributed by atoms with Gasteiger partial charge in [0.05, 0.1) is 6.54 Å². The maximum Gasteiger partial charge on any atom is 0.317 e. The van der Waals surface area contributed by atoms with Gasteiger partial charge in [0.15, 0.2) is 0 Å². The van der Waals surface area contributed by atoms with Gasteiger partial charge in [-0.25, -0.2) is 4.79 Å². The van der Waals surface area contributed by atoms with Gasteiger partial charge in [-0.05, 0) is 31.7 Å². The first kappa shape index (κ1) is 15.2. The largest absolute Gasteiger partial charge is 0.508 e. The number of urea groups is 1. The van der Waals surface area contributed by atoms with Gasteiger partial charge in [0.2, 0.25) is 0 Å². The van der Waals surface area contributed by atoms with Crippen LogP contribution in [0.3, 0.4) is 0 Å². The number of hydrogen-bond donors (Lipinski definition) is 2. The molecule has 2 aliphatic rings. The Labute approximate surface area is 131 Å². The van der Waals surface area contributed by atoms with E-state index in [1.54, 1.807) is 24.1 Å². The molecule has 0 atom stereocenters. The van der Waals surface area contributed by atoms with Gasteiger partial charge in [0.1, 0.15) is 5.75 Å². The molecule has 1 aromatic carbocycles. The van der Waals surface area contributed by atoms with Gasteiger partial charge in [-0.3, -0.25) is 0 Å². The number of para-hydroxylation sites is 1. The molecule has 1 aliphatic carbocycles. The van der Waals surface area contributed by atoms with Crippen LogP contribution in [0.15, 0.2) is 24.3 Å². The van der Waals surface area contributed by atoms with Crippen LogP contribution >= 0.6 is 0 Å². The number of nitrogens with one attached hydrogen (secondary N) is 1. The van der Waals surface area contributed by atoms with Crippen molar-refractivity contribution in [2.24, 2.45) is 0 Å². The molecule has 2 amide bonds. The zero-order valence-corrected chi connectivity index (χ0v) is 13.2. The molecule has 1 aliphatic heterocycles. The van der Waals surface area contributed by atoms with E-state index >= 15 is 0 Å². The molecule has 22 heavy (non-hydrogen) atoms. The zero-order valence-electron chi connectivity index (χ0n) is 13.2. The first-order chi connectivity index (χ1) is 10.6. The van der Waals surface area contributed by atoms with Crippen LogP contribution in [0.1, 0.15) is 31.2 Å². The summed E-state index contributed by atoms with van der Waals surface area (Å²) in [5, 5.41) is 12.9. The Morgan fingerprint density at radius 2 is 1.95 bits per heavy atom. The maximum absolute atomic E-state index is 12.3. The van der Waals surface area contributed by atoms with Crippen molar-refractivity contribution in [3.63, 3.8) is 0 Å². The summed E-state index contributed by atoms with van der Waals surface area (Å²) in [6.07, 6.45) is 4.76. The van der Waals surface area contributed by atoms with E-state index in [1.807, 2.05) is 12.1 Å². The summed E-state index contributed by atoms with van der Waals surface area (Å²) in [4.78, 5) is 16.5. The highest BCUT2D eigenvalue weighted by atomic mass is 16.3. The number of benzene rings is 1. The zero-order chi connectivity index (χ0) is 15.5. The SMILES string of the molecule is CN(Cc1ccccc1O)C(=O)NC1CCN(C2CC2)CC1. The molecule has 1 saturated heterocycles. The smallest absolute Gasteiger partial charge is 0.317 e. The first-order valence-electron chi connectivity index (χ1n) is 8.16. The Morgan fingerprint density at radius 3 is 2.59 bits per heavy atom. The van der Waals surface area contributed by atoms with Gasteiger partial charge in [-0.1, -0.05) is 18.2 Å². The summed E-state index contributed by atoms with van der Waals surface area (Å²) in [6.45, 7) is 2.61. The van der Waals surface area contributed by atoms with E-state index in [-0.39, 0.29) is 17.8 Å². The minimum atomic E-state index is -0.0619. The third-order valence-corrected chi connectivity index (χ3v) is 4.67. The van der Waals surface area contributed by atoms with Crippen LogP contribution in [0.4, 0.5) is 4.79 Å². The van der Waals surface area contributed by atoms with Gasteiger partial charge in [-0.15, -0.1) is 0 Å². The van der Waals surface area contributed by atoms with Crippen LogP contribution in [-0.4, -0.2) is 53.2 Å². The number of nitrogens with zero attached hydrogens (tertiary/aromatic N) is 2. The van der Waals surface area contributed by atoms with Gasteiger partial charge in [-0.2, -0.15) is 0 Å². The highest BCUT2D eigenvalue weighted by Crippen LogP contribution is 2.29. The van der Waals surface area contributed by atoms with Crippen LogP contribution in [0.25, 0.3) is 0 Å². The molecule has 120 valence electrons. The van der Waals surface area contributed by atoms with Crippen molar-refractivity contribution in [2.75, 3.05) is 20.1 Å². The average Bonchev–Trinajstić information content (AvgIpc) is 3.35. The van der Waals surface area contributed by atoms with E-state index in [2.05, 4.69) is 10.2 Å². The van der Waals surface area contributed by atoms with E-state index in [0.29, 0.717) is 6.54 Å². The average molecular weight is 303 g/mol. The highest BCUT2D eigenvalue weighted by molar-refractivity contribution is 5.74. The monoisotopic (exact) mass is 303 g/mol. The van der Waals surface area contributed by atoms with Crippen molar-refractivity contribution in [1.82, 2.24) is 15.1 Å². The van der Waals surface area contributed by atoms with E-state index in [0.717, 1.165) is 37.5 Å². The van der Waals surface area contributed by atoms with Crippen molar-refractivity contribution in [1.29, 1.82) is 0 Å². The molecule has 0 bridgehead atoms. The maximum atomic E-state index is 12.3. The normalized spacial score (nSPS) is 19.9. The van der Waals surface area contributed by atoms with Crippen molar-refractivity contribution in [3.05, 3.63) is 29.8 Å². The molecule has 3 rings (SSSR count). The molecule has 5 nitrogen and oxygen atoms in total. The first-order valence-corrected chi connectivity index (χ1v) is 8.16. The van der Waals surface area contributed by atoms with E-state index in [4.69, 9.17) is 0 Å². The second-order valence-corrected chi connectivity index (χ2v) is 6.48. The molecule has 1 saturated carbocycles. The van der Waals surface area contributed by atoms with Crippen molar-refractivity contribution in [3.8, 4) is 5.75 Å². The number of rotatable bonds is 4. The number of phenolic OH excluding ortho intramolecular Hbond substituents is 1. The number of phenols is 1. The summed E-state index contributed by atoms with van der Waals surface area (Å²) >= 11 is 0. The van der Waals surface area contributed by atoms with Crippen LogP contribution in [0.2, 0.25) is 0 Å². The fraction of sp³-hybridized carbons (Fsp3) is 0.588. The molecule has 1 aromatic rings. The lowest BCUT2D eigenvalue weighted by Crippen LogP contribution is -2.48. The van der Waals surface area contributed by atoms with Crippen LogP contribution < -0.4 is 5.32 Å². The minimum Gasteiger partial charge on any atom is -0.508 e. The molecule has 0 aromatic heterocycles. The number of aromatic hydroxyl groups is 1. The Kier molecular flexibility index (Phi) is 4.52. The van der Waals surface area contributed by atoms with Gasteiger partial charge in [0, 0.05) is 37.8 Å². The summed E-state index contributed by atoms with van der Waals surface area (Å²) < 4.78 is 0. The number of likely N-dealkylation sites (tertiary alicyclic amines) is 1. The summed E-state index contributed by atoms with van der Waals surface area (Å²) in [7, 11) is 1.76.